The Morgan fingerprint density at radius 3 is 2.38 bits per heavy atom. The maximum absolute atomic E-state index is 13.2. The molecule has 0 aliphatic heterocycles. The van der Waals surface area contributed by atoms with Crippen molar-refractivity contribution >= 4 is 28.6 Å². The molecule has 6 nitrogen and oxygen atoms in total. The van der Waals surface area contributed by atoms with Crippen molar-refractivity contribution in [2.75, 3.05) is 12.3 Å². The number of para-hydroxylation sites is 1. The average molecular weight is 453 g/mol. The highest BCUT2D eigenvalue weighted by molar-refractivity contribution is 7.99. The Bertz CT molecular complexity index is 1090. The number of hydrogen-bond donors (Lipinski definition) is 1. The minimum atomic E-state index is -0.0844. The van der Waals surface area contributed by atoms with E-state index in [0.717, 1.165) is 12.1 Å². The predicted molar refractivity (Wildman–Crippen MR) is 132 cm³/mol. The van der Waals surface area contributed by atoms with Crippen molar-refractivity contribution in [3.8, 4) is 0 Å². The van der Waals surface area contributed by atoms with Gasteiger partial charge in [-0.3, -0.25) is 19.1 Å². The Morgan fingerprint density at radius 1 is 1.03 bits per heavy atom. The van der Waals surface area contributed by atoms with Crippen molar-refractivity contribution in [3.05, 3.63) is 70.5 Å². The number of carbonyl (C=O) groups is 1. The van der Waals surface area contributed by atoms with Crippen LogP contribution in [0.2, 0.25) is 0 Å². The van der Waals surface area contributed by atoms with E-state index in [1.807, 2.05) is 54.6 Å². The molecular formula is C25H32N4O2S. The molecule has 0 fully saturated rings. The second kappa shape index (κ2) is 11.3. The van der Waals surface area contributed by atoms with Gasteiger partial charge in [0.25, 0.3) is 5.56 Å². The van der Waals surface area contributed by atoms with Gasteiger partial charge < -0.3 is 5.32 Å². The van der Waals surface area contributed by atoms with Crippen LogP contribution in [-0.4, -0.2) is 44.7 Å². The minimum Gasteiger partial charge on any atom is -0.351 e. The first-order chi connectivity index (χ1) is 15.4. The third-order valence-electron chi connectivity index (χ3n) is 5.40. The lowest BCUT2D eigenvalue weighted by Crippen LogP contribution is -2.40. The summed E-state index contributed by atoms with van der Waals surface area (Å²) in [6, 6.07) is 17.9. The standard InChI is InChI=1S/C25H32N4O2S/c1-18(2)28(19(3)4)14-15-29-24(31)21-12-8-9-13-22(21)27-25(29)32-17-23(30)26-16-20-10-6-5-7-11-20/h5-13,18-19H,14-17H2,1-4H3,(H,26,30). The Kier molecular flexibility index (Phi) is 8.47. The number of nitrogens with zero attached hydrogens (tertiary/aromatic N) is 3. The van der Waals surface area contributed by atoms with E-state index in [-0.39, 0.29) is 17.2 Å². The van der Waals surface area contributed by atoms with Crippen molar-refractivity contribution in [1.29, 1.82) is 0 Å². The van der Waals surface area contributed by atoms with Gasteiger partial charge in [0.2, 0.25) is 5.91 Å². The highest BCUT2D eigenvalue weighted by Crippen LogP contribution is 2.18. The van der Waals surface area contributed by atoms with E-state index >= 15 is 0 Å². The van der Waals surface area contributed by atoms with Gasteiger partial charge in [0.05, 0.1) is 16.7 Å². The van der Waals surface area contributed by atoms with Crippen molar-refractivity contribution < 1.29 is 4.79 Å². The van der Waals surface area contributed by atoms with Gasteiger partial charge in [-0.05, 0) is 45.4 Å². The number of carbonyl (C=O) groups excluding carboxylic acids is 1. The summed E-state index contributed by atoms with van der Waals surface area (Å²) in [6.45, 7) is 10.4. The normalized spacial score (nSPS) is 11.6. The Balaban J connectivity index is 1.77. The minimum absolute atomic E-state index is 0.0599. The fourth-order valence-corrected chi connectivity index (χ4v) is 4.62. The second-order valence-electron chi connectivity index (χ2n) is 8.34. The molecule has 0 saturated carbocycles. The highest BCUT2D eigenvalue weighted by atomic mass is 32.2. The van der Waals surface area contributed by atoms with Crippen LogP contribution >= 0.6 is 11.8 Å². The lowest BCUT2D eigenvalue weighted by atomic mass is 10.2. The molecule has 0 radical (unpaired) electrons. The molecule has 2 aromatic carbocycles. The number of fused-ring (bicyclic) bond motifs is 1. The van der Waals surface area contributed by atoms with Crippen LogP contribution in [0.5, 0.6) is 0 Å². The quantitative estimate of drug-likeness (QED) is 0.373. The predicted octanol–water partition coefficient (Wildman–Crippen LogP) is 3.92. The summed E-state index contributed by atoms with van der Waals surface area (Å²) >= 11 is 1.31. The van der Waals surface area contributed by atoms with Crippen molar-refractivity contribution in [2.24, 2.45) is 0 Å². The molecular weight excluding hydrogens is 420 g/mol. The zero-order valence-corrected chi connectivity index (χ0v) is 20.1. The van der Waals surface area contributed by atoms with Gasteiger partial charge in [0.1, 0.15) is 0 Å². The molecule has 7 heteroatoms. The van der Waals surface area contributed by atoms with Crippen LogP contribution in [0.25, 0.3) is 10.9 Å². The van der Waals surface area contributed by atoms with E-state index in [9.17, 15) is 9.59 Å². The van der Waals surface area contributed by atoms with Crippen LogP contribution in [-0.2, 0) is 17.9 Å². The lowest BCUT2D eigenvalue weighted by molar-refractivity contribution is -0.118. The molecule has 0 unspecified atom stereocenters. The fourth-order valence-electron chi connectivity index (χ4n) is 3.76. The summed E-state index contributed by atoms with van der Waals surface area (Å²) in [6.07, 6.45) is 0. The molecule has 3 rings (SSSR count). The van der Waals surface area contributed by atoms with Gasteiger partial charge in [0.15, 0.2) is 5.16 Å². The van der Waals surface area contributed by atoms with Crippen LogP contribution < -0.4 is 10.9 Å². The monoisotopic (exact) mass is 452 g/mol. The van der Waals surface area contributed by atoms with Crippen molar-refractivity contribution in [3.63, 3.8) is 0 Å². The molecule has 1 N–H and O–H groups in total. The first kappa shape index (κ1) is 24.0. The summed E-state index contributed by atoms with van der Waals surface area (Å²) in [5, 5.41) is 4.12. The lowest BCUT2D eigenvalue weighted by Gasteiger charge is -2.30. The molecule has 0 spiro atoms. The number of amides is 1. The van der Waals surface area contributed by atoms with Crippen molar-refractivity contribution in [1.82, 2.24) is 19.8 Å². The third kappa shape index (κ3) is 6.20. The maximum Gasteiger partial charge on any atom is 0.262 e. The summed E-state index contributed by atoms with van der Waals surface area (Å²) in [5.41, 5.74) is 1.65. The third-order valence-corrected chi connectivity index (χ3v) is 6.38. The van der Waals surface area contributed by atoms with Gasteiger partial charge in [0, 0.05) is 31.7 Å². The molecule has 170 valence electrons. The number of aromatic nitrogens is 2. The molecule has 32 heavy (non-hydrogen) atoms. The smallest absolute Gasteiger partial charge is 0.262 e. The first-order valence-electron chi connectivity index (χ1n) is 11.1. The topological polar surface area (TPSA) is 67.2 Å². The molecule has 1 aromatic heterocycles. The number of nitrogens with one attached hydrogen (secondary N) is 1. The molecule has 0 bridgehead atoms. The SMILES string of the molecule is CC(C)N(CCn1c(SCC(=O)NCc2ccccc2)nc2ccccc2c1=O)C(C)C. The van der Waals surface area contributed by atoms with E-state index in [4.69, 9.17) is 4.98 Å². The average Bonchev–Trinajstić information content (AvgIpc) is 2.78. The highest BCUT2D eigenvalue weighted by Gasteiger charge is 2.17. The zero-order chi connectivity index (χ0) is 23.1. The van der Waals surface area contributed by atoms with Crippen molar-refractivity contribution in [2.45, 2.75) is 58.0 Å². The number of hydrogen-bond acceptors (Lipinski definition) is 5. The van der Waals surface area contributed by atoms with Gasteiger partial charge in [-0.25, -0.2) is 4.98 Å². The van der Waals surface area contributed by atoms with Crippen LogP contribution in [0, 0.1) is 0 Å². The molecule has 0 aliphatic rings. The van der Waals surface area contributed by atoms with E-state index in [1.165, 1.54) is 11.8 Å². The molecule has 0 atom stereocenters. The van der Waals surface area contributed by atoms with Crippen LogP contribution in [0.1, 0.15) is 33.3 Å². The summed E-state index contributed by atoms with van der Waals surface area (Å²) in [4.78, 5) is 32.8. The van der Waals surface area contributed by atoms with E-state index in [1.54, 1.807) is 4.57 Å². The zero-order valence-electron chi connectivity index (χ0n) is 19.2. The molecule has 0 saturated heterocycles. The van der Waals surface area contributed by atoms with Gasteiger partial charge in [-0.15, -0.1) is 0 Å². The maximum atomic E-state index is 13.2. The number of benzene rings is 2. The van der Waals surface area contributed by atoms with Gasteiger partial charge in [-0.2, -0.15) is 0 Å². The molecule has 3 aromatic rings. The van der Waals surface area contributed by atoms with Crippen LogP contribution in [0.15, 0.2) is 64.5 Å². The fraction of sp³-hybridized carbons (Fsp3) is 0.400. The second-order valence-corrected chi connectivity index (χ2v) is 9.29. The van der Waals surface area contributed by atoms with E-state index in [0.29, 0.717) is 41.2 Å². The van der Waals surface area contributed by atoms with Gasteiger partial charge in [-0.1, -0.05) is 54.2 Å². The largest absolute Gasteiger partial charge is 0.351 e. The Hall–Kier alpha value is -2.64. The first-order valence-corrected chi connectivity index (χ1v) is 12.0. The van der Waals surface area contributed by atoms with Crippen LogP contribution in [0.3, 0.4) is 0 Å². The summed E-state index contributed by atoms with van der Waals surface area (Å²) in [7, 11) is 0. The Labute approximate surface area is 194 Å². The Morgan fingerprint density at radius 2 is 1.69 bits per heavy atom. The van der Waals surface area contributed by atoms with Gasteiger partial charge >= 0.3 is 0 Å². The van der Waals surface area contributed by atoms with E-state index < -0.39 is 0 Å². The number of rotatable bonds is 10. The molecule has 1 heterocycles. The molecule has 0 aliphatic carbocycles. The van der Waals surface area contributed by atoms with E-state index in [2.05, 4.69) is 37.9 Å². The number of thioether (sulfide) groups is 1. The molecule has 1 amide bonds. The summed E-state index contributed by atoms with van der Waals surface area (Å²) in [5.74, 6) is 0.120. The van der Waals surface area contributed by atoms with Crippen LogP contribution in [0.4, 0.5) is 0 Å². The summed E-state index contributed by atoms with van der Waals surface area (Å²) < 4.78 is 1.72.